The second kappa shape index (κ2) is 8.31. The van der Waals surface area contributed by atoms with Crippen LogP contribution in [0.5, 0.6) is 5.95 Å². The van der Waals surface area contributed by atoms with Gasteiger partial charge >= 0.3 is 5.97 Å². The third kappa shape index (κ3) is 3.30. The predicted octanol–water partition coefficient (Wildman–Crippen LogP) is 5.66. The molecule has 39 heavy (non-hydrogen) atoms. The predicted molar refractivity (Wildman–Crippen MR) is 141 cm³/mol. The van der Waals surface area contributed by atoms with E-state index in [9.17, 15) is 19.4 Å². The fraction of sp³-hybridized carbons (Fsp3) is 0.484. The zero-order valence-corrected chi connectivity index (χ0v) is 22.1. The average Bonchev–Trinajstić information content (AvgIpc) is 3.61. The van der Waals surface area contributed by atoms with E-state index in [0.717, 1.165) is 42.6 Å². The number of nitrogens with zero attached hydrogens (tertiary/aromatic N) is 2. The van der Waals surface area contributed by atoms with E-state index >= 15 is 0 Å². The van der Waals surface area contributed by atoms with Crippen LogP contribution in [0, 0.1) is 34.4 Å². The Morgan fingerprint density at radius 2 is 2.00 bits per heavy atom. The molecule has 0 saturated heterocycles. The van der Waals surface area contributed by atoms with Gasteiger partial charge in [-0.1, -0.05) is 19.4 Å². The van der Waals surface area contributed by atoms with Crippen molar-refractivity contribution in [1.29, 1.82) is 0 Å². The molecule has 0 amide bonds. The van der Waals surface area contributed by atoms with Gasteiger partial charge in [0.2, 0.25) is 5.60 Å². The summed E-state index contributed by atoms with van der Waals surface area (Å²) in [4.78, 5) is 12.9. The van der Waals surface area contributed by atoms with Gasteiger partial charge in [-0.3, -0.25) is 0 Å². The fourth-order valence-corrected chi connectivity index (χ4v) is 9.02. The Balaban J connectivity index is 1.24. The minimum absolute atomic E-state index is 0.00565. The van der Waals surface area contributed by atoms with Crippen LogP contribution in [0.1, 0.15) is 57.2 Å². The quantitative estimate of drug-likeness (QED) is 0.450. The van der Waals surface area contributed by atoms with E-state index in [1.165, 1.54) is 24.0 Å². The van der Waals surface area contributed by atoms with E-state index < -0.39 is 23.1 Å². The molecule has 204 valence electrons. The van der Waals surface area contributed by atoms with Crippen LogP contribution in [0.4, 0.5) is 4.39 Å². The number of fused-ring (bicyclic) bond motifs is 6. The van der Waals surface area contributed by atoms with Crippen LogP contribution in [0.2, 0.25) is 0 Å². The highest BCUT2D eigenvalue weighted by Gasteiger charge is 2.71. The van der Waals surface area contributed by atoms with E-state index in [4.69, 9.17) is 9.15 Å². The minimum atomic E-state index is -1.45. The summed E-state index contributed by atoms with van der Waals surface area (Å²) in [5.74, 6) is -0.779. The number of furan rings is 1. The highest BCUT2D eigenvalue weighted by Crippen LogP contribution is 2.68. The van der Waals surface area contributed by atoms with Crippen LogP contribution >= 0.6 is 0 Å². The molecule has 8 heteroatoms. The first-order valence-electron chi connectivity index (χ1n) is 13.8. The van der Waals surface area contributed by atoms with Crippen molar-refractivity contribution in [3.63, 3.8) is 0 Å². The van der Waals surface area contributed by atoms with Gasteiger partial charge in [0, 0.05) is 11.5 Å². The molecule has 4 aliphatic carbocycles. The number of rotatable bonds is 4. The molecule has 2 N–H and O–H groups in total. The second-order valence-corrected chi connectivity index (χ2v) is 12.4. The standard InChI is InChI=1S/C31H33FN2O5/c1-29-15-18-17-33-34(21-8-6-20(32)7-9-21)24(18)14-19(29)5-10-22-23-11-12-31(28(36)37,39-26-4-3-13-38-26)30(23,2)16-25(35)27(22)29/h3-4,6-9,13-14,17,22-23,25,27,35H,5,10-12,15-16H2,1-2H3,(H,36,37)/t22-,23-,25-,27+,29-,30-,31-/m0/s1. The maximum Gasteiger partial charge on any atom is 0.348 e. The van der Waals surface area contributed by atoms with Crippen LogP contribution in [0.3, 0.4) is 0 Å². The Labute approximate surface area is 226 Å². The maximum atomic E-state index is 13.5. The molecule has 0 aliphatic heterocycles. The van der Waals surface area contributed by atoms with Crippen molar-refractivity contribution in [3.05, 3.63) is 71.5 Å². The van der Waals surface area contributed by atoms with Crippen molar-refractivity contribution in [2.45, 2.75) is 64.1 Å². The number of halogens is 1. The summed E-state index contributed by atoms with van der Waals surface area (Å²) in [7, 11) is 0. The van der Waals surface area contributed by atoms with Gasteiger partial charge in [0.15, 0.2) is 0 Å². The molecule has 2 aromatic heterocycles. The van der Waals surface area contributed by atoms with E-state index in [-0.39, 0.29) is 34.9 Å². The zero-order chi connectivity index (χ0) is 27.2. The molecular weight excluding hydrogens is 499 g/mol. The van der Waals surface area contributed by atoms with Gasteiger partial charge in [-0.05, 0) is 104 Å². The number of aliphatic hydroxyl groups excluding tert-OH is 1. The number of carboxylic acids is 1. The van der Waals surface area contributed by atoms with Gasteiger partial charge in [0.1, 0.15) is 5.82 Å². The molecule has 0 spiro atoms. The Kier molecular flexibility index (Phi) is 5.25. The number of allylic oxidation sites excluding steroid dienone is 1. The van der Waals surface area contributed by atoms with E-state index in [2.05, 4.69) is 18.1 Å². The number of benzene rings is 1. The lowest BCUT2D eigenvalue weighted by molar-refractivity contribution is -0.190. The fourth-order valence-electron chi connectivity index (χ4n) is 9.02. The molecule has 0 radical (unpaired) electrons. The van der Waals surface area contributed by atoms with Gasteiger partial charge in [0.25, 0.3) is 5.95 Å². The SMILES string of the molecule is C[C@]12Cc3cnn(-c4ccc(F)cc4)c3C=C1CC[C@@H]1[C@@H]2[C@@H](O)C[C@@]2(C)[C@H]1CC[C@]2(Oc1ccco1)C(=O)O. The minimum Gasteiger partial charge on any atom is -0.478 e. The second-order valence-electron chi connectivity index (χ2n) is 12.4. The third-order valence-electron chi connectivity index (χ3n) is 10.7. The van der Waals surface area contributed by atoms with Crippen molar-refractivity contribution in [3.8, 4) is 11.6 Å². The van der Waals surface area contributed by atoms with Gasteiger partial charge in [-0.15, -0.1) is 0 Å². The third-order valence-corrected chi connectivity index (χ3v) is 10.7. The summed E-state index contributed by atoms with van der Waals surface area (Å²) >= 11 is 0. The monoisotopic (exact) mass is 532 g/mol. The van der Waals surface area contributed by atoms with Crippen molar-refractivity contribution in [2.75, 3.05) is 0 Å². The summed E-state index contributed by atoms with van der Waals surface area (Å²) in [5, 5.41) is 27.0. The van der Waals surface area contributed by atoms with Crippen molar-refractivity contribution >= 4 is 12.0 Å². The normalized spacial score (nSPS) is 36.8. The summed E-state index contributed by atoms with van der Waals surface area (Å²) < 4.78 is 27.0. The average molecular weight is 533 g/mol. The number of hydrogen-bond donors (Lipinski definition) is 2. The molecule has 2 heterocycles. The van der Waals surface area contributed by atoms with Crippen LogP contribution in [0.15, 0.2) is 58.8 Å². The Hall–Kier alpha value is -3.39. The first-order chi connectivity index (χ1) is 18.7. The molecule has 7 nitrogen and oxygen atoms in total. The van der Waals surface area contributed by atoms with Gasteiger partial charge in [-0.25, -0.2) is 13.9 Å². The number of carboxylic acid groups (broad SMARTS) is 1. The van der Waals surface area contributed by atoms with Gasteiger partial charge in [-0.2, -0.15) is 5.10 Å². The Morgan fingerprint density at radius 3 is 2.72 bits per heavy atom. The molecule has 0 bridgehead atoms. The summed E-state index contributed by atoms with van der Waals surface area (Å²) in [6, 6.07) is 9.69. The lowest BCUT2D eigenvalue weighted by Gasteiger charge is -2.60. The summed E-state index contributed by atoms with van der Waals surface area (Å²) in [6.45, 7) is 4.26. The highest BCUT2D eigenvalue weighted by atomic mass is 19.1. The van der Waals surface area contributed by atoms with Gasteiger partial charge in [0.05, 0.1) is 29.9 Å². The van der Waals surface area contributed by atoms with E-state index in [1.54, 1.807) is 24.3 Å². The van der Waals surface area contributed by atoms with Crippen molar-refractivity contribution in [1.82, 2.24) is 9.78 Å². The number of hydrogen-bond acceptors (Lipinski definition) is 5. The molecule has 0 unspecified atom stereocenters. The zero-order valence-electron chi connectivity index (χ0n) is 22.1. The first-order valence-corrected chi connectivity index (χ1v) is 13.8. The molecule has 7 rings (SSSR count). The number of aliphatic carboxylic acids is 1. The van der Waals surface area contributed by atoms with E-state index in [0.29, 0.717) is 12.8 Å². The first kappa shape index (κ1) is 24.6. The topological polar surface area (TPSA) is 97.7 Å². The molecule has 7 atom stereocenters. The summed E-state index contributed by atoms with van der Waals surface area (Å²) in [6.07, 6.45) is 8.93. The van der Waals surface area contributed by atoms with Crippen LogP contribution < -0.4 is 4.74 Å². The van der Waals surface area contributed by atoms with Crippen LogP contribution in [0.25, 0.3) is 11.8 Å². The number of ether oxygens (including phenoxy) is 1. The number of carbonyl (C=O) groups is 1. The Bertz CT molecular complexity index is 1460. The molecule has 4 aliphatic rings. The Morgan fingerprint density at radius 1 is 1.21 bits per heavy atom. The molecule has 3 aromatic rings. The van der Waals surface area contributed by atoms with Gasteiger partial charge < -0.3 is 19.4 Å². The molecule has 3 saturated carbocycles. The maximum absolute atomic E-state index is 13.5. The highest BCUT2D eigenvalue weighted by molar-refractivity contribution is 5.80. The lowest BCUT2D eigenvalue weighted by atomic mass is 9.45. The molecule has 1 aromatic carbocycles. The summed E-state index contributed by atoms with van der Waals surface area (Å²) in [5.41, 5.74) is 1.79. The van der Waals surface area contributed by atoms with Crippen LogP contribution in [-0.4, -0.2) is 37.7 Å². The molecule has 3 fully saturated rings. The largest absolute Gasteiger partial charge is 0.478 e. The van der Waals surface area contributed by atoms with Crippen molar-refractivity contribution in [2.24, 2.45) is 28.6 Å². The van der Waals surface area contributed by atoms with E-state index in [1.807, 2.05) is 17.8 Å². The number of aromatic nitrogens is 2. The number of aliphatic hydroxyl groups is 1. The smallest absolute Gasteiger partial charge is 0.348 e. The van der Waals surface area contributed by atoms with Crippen LogP contribution in [-0.2, 0) is 11.2 Å². The molecular formula is C31H33FN2O5. The lowest BCUT2D eigenvalue weighted by Crippen LogP contribution is -2.63. The van der Waals surface area contributed by atoms with Crippen molar-refractivity contribution < 1.29 is 28.6 Å².